The van der Waals surface area contributed by atoms with E-state index in [1.54, 1.807) is 6.92 Å². The van der Waals surface area contributed by atoms with Gasteiger partial charge in [-0.15, -0.1) is 0 Å². The molecule has 0 aromatic heterocycles. The van der Waals surface area contributed by atoms with Crippen molar-refractivity contribution in [2.24, 2.45) is 11.8 Å². The Bertz CT molecular complexity index is 1350. The zero-order valence-corrected chi connectivity index (χ0v) is 21.6. The summed E-state index contributed by atoms with van der Waals surface area (Å²) in [7, 11) is -4.16. The molecule has 2 aromatic rings. The highest BCUT2D eigenvalue weighted by Crippen LogP contribution is 2.58. The predicted octanol–water partition coefficient (Wildman–Crippen LogP) is 4.66. The molecular weight excluding hydrogens is 535 g/mol. The number of sulfone groups is 1. The van der Waals surface area contributed by atoms with Crippen molar-refractivity contribution in [2.75, 3.05) is 11.9 Å². The molecule has 0 aliphatic heterocycles. The minimum atomic E-state index is -4.16. The van der Waals surface area contributed by atoms with Crippen LogP contribution in [0.3, 0.4) is 0 Å². The molecule has 12 heteroatoms. The molecule has 2 fully saturated rings. The summed E-state index contributed by atoms with van der Waals surface area (Å²) in [6.45, 7) is 2.60. The lowest BCUT2D eigenvalue weighted by Crippen LogP contribution is -2.55. The van der Waals surface area contributed by atoms with E-state index in [1.807, 2.05) is 0 Å². The molecule has 200 valence electrons. The minimum absolute atomic E-state index is 0.103. The van der Waals surface area contributed by atoms with E-state index in [4.69, 9.17) is 16.3 Å². The first-order chi connectivity index (χ1) is 17.2. The number of anilines is 1. The Balaban J connectivity index is 1.64. The molecule has 2 aliphatic carbocycles. The highest BCUT2D eigenvalue weighted by molar-refractivity contribution is 7.93. The van der Waals surface area contributed by atoms with E-state index in [2.05, 4.69) is 5.32 Å². The third-order valence-electron chi connectivity index (χ3n) is 7.59. The summed E-state index contributed by atoms with van der Waals surface area (Å²) >= 11 is 6.28. The fourth-order valence-electron chi connectivity index (χ4n) is 5.63. The number of hydrogen-bond donors (Lipinski definition) is 2. The Morgan fingerprint density at radius 3 is 2.22 bits per heavy atom. The van der Waals surface area contributed by atoms with Crippen LogP contribution in [0.2, 0.25) is 5.02 Å². The number of carbonyl (C=O) groups excluding carboxylic acids is 2. The van der Waals surface area contributed by atoms with Crippen LogP contribution in [0, 0.1) is 29.3 Å². The average molecular weight is 560 g/mol. The molecule has 0 spiro atoms. The summed E-state index contributed by atoms with van der Waals surface area (Å²) in [5.74, 6) is -7.03. The van der Waals surface area contributed by atoms with Gasteiger partial charge in [-0.05, 0) is 62.6 Å². The number of rotatable bonds is 6. The van der Waals surface area contributed by atoms with Crippen LogP contribution in [-0.2, 0) is 19.4 Å². The molecule has 1 amide bonds. The number of ether oxygens (including phenoxy) is 1. The zero-order valence-electron chi connectivity index (χ0n) is 20.0. The molecule has 37 heavy (non-hydrogen) atoms. The summed E-state index contributed by atoms with van der Waals surface area (Å²) in [6, 6.07) is 4.78. The van der Waals surface area contributed by atoms with Gasteiger partial charge in [0.15, 0.2) is 27.3 Å². The average Bonchev–Trinajstić information content (AvgIpc) is 3.00. The molecule has 4 rings (SSSR count). The van der Waals surface area contributed by atoms with E-state index in [1.165, 1.54) is 19.1 Å². The maximum Gasteiger partial charge on any atom is 0.302 e. The van der Waals surface area contributed by atoms with Crippen LogP contribution in [0.5, 0.6) is 0 Å². The second kappa shape index (κ2) is 9.59. The quantitative estimate of drug-likeness (QED) is 0.394. The number of nitrogens with one attached hydrogen (secondary N) is 1. The maximum atomic E-state index is 14.0. The number of aliphatic hydroxyl groups is 1. The van der Waals surface area contributed by atoms with E-state index in [0.717, 1.165) is 6.07 Å². The summed E-state index contributed by atoms with van der Waals surface area (Å²) in [5, 5.41) is 13.1. The van der Waals surface area contributed by atoms with Crippen LogP contribution in [0.4, 0.5) is 18.9 Å². The van der Waals surface area contributed by atoms with E-state index >= 15 is 0 Å². The van der Waals surface area contributed by atoms with Crippen molar-refractivity contribution in [2.45, 2.75) is 54.8 Å². The number of halogens is 4. The number of amides is 1. The molecule has 2 unspecified atom stereocenters. The van der Waals surface area contributed by atoms with Crippen LogP contribution in [0.1, 0.15) is 49.9 Å². The molecule has 2 aliphatic rings. The monoisotopic (exact) mass is 559 g/mol. The Hall–Kier alpha value is -2.63. The molecule has 2 N–H and O–H groups in total. The van der Waals surface area contributed by atoms with Gasteiger partial charge in [0.05, 0.1) is 20.3 Å². The minimum Gasteiger partial charge on any atom is -0.463 e. The van der Waals surface area contributed by atoms with Crippen LogP contribution < -0.4 is 5.32 Å². The van der Waals surface area contributed by atoms with Crippen molar-refractivity contribution in [1.82, 2.24) is 0 Å². The molecular formula is C25H25ClF3NO6S. The second-order valence-electron chi connectivity index (χ2n) is 9.92. The number of fused-ring (bicyclic) bond motifs is 2. The van der Waals surface area contributed by atoms with Crippen LogP contribution in [0.15, 0.2) is 35.2 Å². The van der Waals surface area contributed by atoms with Crippen molar-refractivity contribution in [3.8, 4) is 0 Å². The first-order valence-corrected chi connectivity index (χ1v) is 13.4. The van der Waals surface area contributed by atoms with Crippen molar-refractivity contribution >= 4 is 39.0 Å². The smallest absolute Gasteiger partial charge is 0.302 e. The topological polar surface area (TPSA) is 110 Å². The normalized spacial score (nSPS) is 27.1. The van der Waals surface area contributed by atoms with Crippen LogP contribution in [0.25, 0.3) is 0 Å². The van der Waals surface area contributed by atoms with Gasteiger partial charge in [-0.1, -0.05) is 11.6 Å². The SMILES string of the molecule is CC(=O)OCC1(O)CC2CC[C@@H](C1)[C@]2(C)S(=O)(=O)c1cc(C(=O)Nc2cc(F)c(F)c(F)c2)ccc1Cl. The number of hydrogen-bond acceptors (Lipinski definition) is 6. The van der Waals surface area contributed by atoms with E-state index in [-0.39, 0.29) is 40.6 Å². The predicted molar refractivity (Wildman–Crippen MR) is 128 cm³/mol. The molecule has 7 nitrogen and oxygen atoms in total. The van der Waals surface area contributed by atoms with Crippen molar-refractivity contribution in [3.05, 3.63) is 58.4 Å². The Labute approximate surface area is 216 Å². The van der Waals surface area contributed by atoms with Crippen molar-refractivity contribution in [3.63, 3.8) is 0 Å². The standard InChI is InChI=1S/C25H25ClF3NO6S/c1-13(31)36-12-25(33)10-15-4-5-16(11-25)24(15,2)37(34,35)21-7-14(3-6-18(21)26)23(32)30-17-8-19(27)22(29)20(28)9-17/h3,6-9,15-16,33H,4-5,10-12H2,1-2H3,(H,30,32)/t15-,16?,24-,25?/m0/s1. The third kappa shape index (κ3) is 4.84. The number of benzene rings is 2. The zero-order chi connectivity index (χ0) is 27.3. The van der Waals surface area contributed by atoms with Gasteiger partial charge in [-0.3, -0.25) is 9.59 Å². The Morgan fingerprint density at radius 1 is 1.11 bits per heavy atom. The van der Waals surface area contributed by atoms with Crippen LogP contribution >= 0.6 is 11.6 Å². The van der Waals surface area contributed by atoms with Crippen LogP contribution in [-0.4, -0.2) is 42.4 Å². The van der Waals surface area contributed by atoms with Gasteiger partial charge in [0.25, 0.3) is 5.91 Å². The van der Waals surface area contributed by atoms with E-state index < -0.39 is 61.3 Å². The van der Waals surface area contributed by atoms with Gasteiger partial charge in [0, 0.05) is 30.3 Å². The summed E-state index contributed by atoms with van der Waals surface area (Å²) in [6.07, 6.45) is 1.27. The largest absolute Gasteiger partial charge is 0.463 e. The maximum absolute atomic E-state index is 14.0. The van der Waals surface area contributed by atoms with Gasteiger partial charge in [-0.25, -0.2) is 21.6 Å². The third-order valence-corrected chi connectivity index (χ3v) is 10.8. The van der Waals surface area contributed by atoms with Crippen molar-refractivity contribution < 1.29 is 41.0 Å². The highest BCUT2D eigenvalue weighted by Gasteiger charge is 2.62. The molecule has 2 saturated carbocycles. The van der Waals surface area contributed by atoms with Gasteiger partial charge < -0.3 is 15.2 Å². The lowest BCUT2D eigenvalue weighted by Gasteiger charge is -2.47. The molecule has 0 radical (unpaired) electrons. The van der Waals surface area contributed by atoms with E-state index in [0.29, 0.717) is 25.0 Å². The molecule has 2 aromatic carbocycles. The van der Waals surface area contributed by atoms with Gasteiger partial charge in [0.2, 0.25) is 0 Å². The van der Waals surface area contributed by atoms with Crippen molar-refractivity contribution in [1.29, 1.82) is 0 Å². The highest BCUT2D eigenvalue weighted by atomic mass is 35.5. The lowest BCUT2D eigenvalue weighted by atomic mass is 9.71. The molecule has 0 saturated heterocycles. The molecule has 2 bridgehead atoms. The fourth-order valence-corrected chi connectivity index (χ4v) is 8.41. The van der Waals surface area contributed by atoms with Gasteiger partial charge in [-0.2, -0.15) is 0 Å². The second-order valence-corrected chi connectivity index (χ2v) is 12.7. The number of esters is 1. The Kier molecular flexibility index (Phi) is 7.11. The lowest BCUT2D eigenvalue weighted by molar-refractivity contribution is -0.153. The van der Waals surface area contributed by atoms with Gasteiger partial charge >= 0.3 is 5.97 Å². The van der Waals surface area contributed by atoms with Gasteiger partial charge in [0.1, 0.15) is 6.61 Å². The molecule has 4 atom stereocenters. The summed E-state index contributed by atoms with van der Waals surface area (Å²) in [5.41, 5.74) is -1.85. The first-order valence-electron chi connectivity index (χ1n) is 11.5. The Morgan fingerprint density at radius 2 is 1.68 bits per heavy atom. The summed E-state index contributed by atoms with van der Waals surface area (Å²) < 4.78 is 72.0. The summed E-state index contributed by atoms with van der Waals surface area (Å²) in [4.78, 5) is 23.7. The number of carbonyl (C=O) groups is 2. The molecule has 0 heterocycles. The van der Waals surface area contributed by atoms with E-state index in [9.17, 15) is 36.3 Å². The first kappa shape index (κ1) is 27.4. The fraction of sp³-hybridized carbons (Fsp3) is 0.440.